The summed E-state index contributed by atoms with van der Waals surface area (Å²) >= 11 is 0. The first-order valence-electron chi connectivity index (χ1n) is 11.4. The van der Waals surface area contributed by atoms with E-state index < -0.39 is 16.0 Å². The molecule has 0 aliphatic carbocycles. The Balaban J connectivity index is 3.42. The summed E-state index contributed by atoms with van der Waals surface area (Å²) in [4.78, 5) is 11.9. The number of rotatable bonds is 20. The average Bonchev–Trinajstić information content (AvgIpc) is 2.55. The lowest BCUT2D eigenvalue weighted by atomic mass is 9.98. The van der Waals surface area contributed by atoms with Gasteiger partial charge in [0.25, 0.3) is 0 Å². The maximum atomic E-state index is 11.9. The van der Waals surface area contributed by atoms with Crippen LogP contribution >= 0.6 is 0 Å². The van der Waals surface area contributed by atoms with Crippen molar-refractivity contribution in [1.29, 1.82) is 0 Å². The minimum absolute atomic E-state index is 0.00854. The molecule has 0 aromatic carbocycles. The van der Waals surface area contributed by atoms with E-state index in [2.05, 4.69) is 11.1 Å². The van der Waals surface area contributed by atoms with Gasteiger partial charge in [0, 0.05) is 12.8 Å². The normalized spacial score (nSPS) is 12.4. The number of hydrogen-bond acceptors (Lipinski definition) is 4. The standard InChI is InChI=1S/C22H44O5S/c1-4-5-6-7-8-9-10-11-12-13-14-15-16-17-18-19-21(23)20-22(2,3)27-28(24,25)26/h4-20H2,1-3H3,(H,24,25,26). The van der Waals surface area contributed by atoms with Gasteiger partial charge in [-0.1, -0.05) is 96.8 Å². The molecule has 0 aliphatic heterocycles. The fourth-order valence-electron chi connectivity index (χ4n) is 3.57. The van der Waals surface area contributed by atoms with Crippen LogP contribution in [0.2, 0.25) is 0 Å². The Bertz CT molecular complexity index is 485. The summed E-state index contributed by atoms with van der Waals surface area (Å²) in [6, 6.07) is 0. The van der Waals surface area contributed by atoms with Crippen molar-refractivity contribution in [1.82, 2.24) is 0 Å². The monoisotopic (exact) mass is 420 g/mol. The largest absolute Gasteiger partial charge is 0.397 e. The molecular formula is C22H44O5S. The summed E-state index contributed by atoms with van der Waals surface area (Å²) in [5.74, 6) is -0.0247. The fraction of sp³-hybridized carbons (Fsp3) is 0.955. The van der Waals surface area contributed by atoms with Gasteiger partial charge in [0.2, 0.25) is 0 Å². The molecule has 0 unspecified atom stereocenters. The van der Waals surface area contributed by atoms with Crippen LogP contribution < -0.4 is 0 Å². The van der Waals surface area contributed by atoms with Crippen LogP contribution in [0, 0.1) is 0 Å². The molecule has 0 amide bonds. The first kappa shape index (κ1) is 27.5. The Morgan fingerprint density at radius 3 is 1.46 bits per heavy atom. The van der Waals surface area contributed by atoms with Crippen LogP contribution in [0.1, 0.15) is 130 Å². The second kappa shape index (κ2) is 16.3. The highest BCUT2D eigenvalue weighted by Gasteiger charge is 2.28. The smallest absolute Gasteiger partial charge is 0.300 e. The third-order valence-corrected chi connectivity index (χ3v) is 5.67. The molecule has 0 radical (unpaired) electrons. The van der Waals surface area contributed by atoms with E-state index in [4.69, 9.17) is 4.55 Å². The van der Waals surface area contributed by atoms with Crippen molar-refractivity contribution >= 4 is 16.2 Å². The van der Waals surface area contributed by atoms with Crippen molar-refractivity contribution in [3.8, 4) is 0 Å². The van der Waals surface area contributed by atoms with Crippen LogP contribution in [-0.4, -0.2) is 24.4 Å². The molecule has 0 bridgehead atoms. The summed E-state index contributed by atoms with van der Waals surface area (Å²) in [5, 5.41) is 0. The molecule has 28 heavy (non-hydrogen) atoms. The molecule has 0 saturated heterocycles. The summed E-state index contributed by atoms with van der Waals surface area (Å²) in [5.41, 5.74) is -1.19. The minimum atomic E-state index is -4.53. The van der Waals surface area contributed by atoms with E-state index in [1.807, 2.05) is 0 Å². The summed E-state index contributed by atoms with van der Waals surface area (Å²) in [6.07, 6.45) is 19.7. The van der Waals surface area contributed by atoms with Crippen molar-refractivity contribution in [2.45, 2.75) is 136 Å². The zero-order valence-corrected chi connectivity index (χ0v) is 19.3. The number of Topliss-reactive ketones (excluding diaryl/α,β-unsaturated/α-hetero) is 1. The molecule has 1 N–H and O–H groups in total. The predicted octanol–water partition coefficient (Wildman–Crippen LogP) is 6.81. The number of unbranched alkanes of at least 4 members (excludes halogenated alkanes) is 14. The molecule has 168 valence electrons. The zero-order valence-electron chi connectivity index (χ0n) is 18.5. The van der Waals surface area contributed by atoms with Gasteiger partial charge in [-0.25, -0.2) is 4.18 Å². The Hall–Kier alpha value is -0.460. The molecule has 0 aromatic rings. The SMILES string of the molecule is CCCCCCCCCCCCCCCCCC(=O)CC(C)(C)OS(=O)(=O)O. The van der Waals surface area contributed by atoms with E-state index in [1.54, 1.807) is 0 Å². The van der Waals surface area contributed by atoms with Gasteiger partial charge in [-0.15, -0.1) is 0 Å². The second-order valence-corrected chi connectivity index (χ2v) is 9.71. The fourth-order valence-corrected chi connectivity index (χ4v) is 4.20. The molecule has 0 saturated carbocycles. The number of carbonyl (C=O) groups is 1. The maximum absolute atomic E-state index is 11.9. The van der Waals surface area contributed by atoms with Crippen LogP contribution in [-0.2, 0) is 19.4 Å². The summed E-state index contributed by atoms with van der Waals surface area (Å²) in [7, 11) is -4.53. The molecule has 0 aliphatic rings. The maximum Gasteiger partial charge on any atom is 0.397 e. The van der Waals surface area contributed by atoms with E-state index in [0.717, 1.165) is 19.3 Å². The molecule has 0 aromatic heterocycles. The van der Waals surface area contributed by atoms with E-state index in [1.165, 1.54) is 90.9 Å². The lowest BCUT2D eigenvalue weighted by Crippen LogP contribution is -2.30. The van der Waals surface area contributed by atoms with Gasteiger partial charge in [0.05, 0.1) is 5.60 Å². The molecule has 0 heterocycles. The minimum Gasteiger partial charge on any atom is -0.300 e. The van der Waals surface area contributed by atoms with Crippen LogP contribution in [0.15, 0.2) is 0 Å². The summed E-state index contributed by atoms with van der Waals surface area (Å²) < 4.78 is 34.8. The first-order chi connectivity index (χ1) is 13.2. The Morgan fingerprint density at radius 2 is 1.11 bits per heavy atom. The predicted molar refractivity (Wildman–Crippen MR) is 116 cm³/mol. The van der Waals surface area contributed by atoms with E-state index in [9.17, 15) is 13.2 Å². The van der Waals surface area contributed by atoms with Gasteiger partial charge in [0.1, 0.15) is 5.78 Å². The molecule has 5 nitrogen and oxygen atoms in total. The zero-order chi connectivity index (χ0) is 21.3. The average molecular weight is 421 g/mol. The highest BCUT2D eigenvalue weighted by Crippen LogP contribution is 2.19. The van der Waals surface area contributed by atoms with Crippen molar-refractivity contribution in [3.05, 3.63) is 0 Å². The Labute approximate surface area is 174 Å². The van der Waals surface area contributed by atoms with Gasteiger partial charge < -0.3 is 0 Å². The third-order valence-electron chi connectivity index (χ3n) is 5.01. The van der Waals surface area contributed by atoms with Crippen molar-refractivity contribution in [3.63, 3.8) is 0 Å². The molecule has 0 spiro atoms. The molecule has 6 heteroatoms. The quantitative estimate of drug-likeness (QED) is 0.173. The lowest BCUT2D eigenvalue weighted by Gasteiger charge is -2.21. The van der Waals surface area contributed by atoms with Crippen LogP contribution in [0.3, 0.4) is 0 Å². The van der Waals surface area contributed by atoms with Crippen molar-refractivity contribution in [2.24, 2.45) is 0 Å². The van der Waals surface area contributed by atoms with E-state index >= 15 is 0 Å². The molecule has 0 fully saturated rings. The van der Waals surface area contributed by atoms with E-state index in [0.29, 0.717) is 6.42 Å². The first-order valence-corrected chi connectivity index (χ1v) is 12.7. The molecule has 0 atom stereocenters. The number of hydrogen-bond donors (Lipinski definition) is 1. The second-order valence-electron chi connectivity index (χ2n) is 8.69. The van der Waals surface area contributed by atoms with Gasteiger partial charge in [-0.05, 0) is 20.3 Å². The van der Waals surface area contributed by atoms with Gasteiger partial charge in [-0.2, -0.15) is 8.42 Å². The van der Waals surface area contributed by atoms with Crippen molar-refractivity contribution < 1.29 is 21.9 Å². The highest BCUT2D eigenvalue weighted by molar-refractivity contribution is 7.80. The molecule has 0 rings (SSSR count). The molecular weight excluding hydrogens is 376 g/mol. The number of ketones is 1. The Morgan fingerprint density at radius 1 is 0.750 bits per heavy atom. The Kier molecular flexibility index (Phi) is 16.1. The van der Waals surface area contributed by atoms with Crippen LogP contribution in [0.4, 0.5) is 0 Å². The highest BCUT2D eigenvalue weighted by atomic mass is 32.3. The van der Waals surface area contributed by atoms with Gasteiger partial charge in [0.15, 0.2) is 0 Å². The lowest BCUT2D eigenvalue weighted by molar-refractivity contribution is -0.122. The summed E-state index contributed by atoms with van der Waals surface area (Å²) in [6.45, 7) is 5.24. The van der Waals surface area contributed by atoms with Crippen LogP contribution in [0.25, 0.3) is 0 Å². The third kappa shape index (κ3) is 20.3. The van der Waals surface area contributed by atoms with Crippen LogP contribution in [0.5, 0.6) is 0 Å². The van der Waals surface area contributed by atoms with Gasteiger partial charge in [-0.3, -0.25) is 9.35 Å². The number of carbonyl (C=O) groups excluding carboxylic acids is 1. The topological polar surface area (TPSA) is 80.7 Å². The van der Waals surface area contributed by atoms with E-state index in [-0.39, 0.29) is 12.2 Å². The van der Waals surface area contributed by atoms with Crippen molar-refractivity contribution in [2.75, 3.05) is 0 Å². The van der Waals surface area contributed by atoms with Gasteiger partial charge >= 0.3 is 10.4 Å².